The van der Waals surface area contributed by atoms with Gasteiger partial charge in [-0.3, -0.25) is 4.90 Å². The summed E-state index contributed by atoms with van der Waals surface area (Å²) < 4.78 is 0. The molecule has 1 aromatic heterocycles. The molecule has 0 spiro atoms. The minimum Gasteiger partial charge on any atom is -0.326 e. The zero-order valence-corrected chi connectivity index (χ0v) is 11.8. The Bertz CT molecular complexity index is 487. The molecule has 0 aliphatic rings. The summed E-state index contributed by atoms with van der Waals surface area (Å²) in [4.78, 5) is 4.97. The normalized spacial score (nSPS) is 11.1. The summed E-state index contributed by atoms with van der Waals surface area (Å²) in [6, 6.07) is 13.0. The van der Waals surface area contributed by atoms with Gasteiger partial charge < -0.3 is 5.73 Å². The highest BCUT2D eigenvalue weighted by atomic mass is 32.1. The lowest BCUT2D eigenvalue weighted by molar-refractivity contribution is 0.322. The van der Waals surface area contributed by atoms with Gasteiger partial charge in [0.15, 0.2) is 0 Å². The minimum atomic E-state index is 0.645. The van der Waals surface area contributed by atoms with Gasteiger partial charge in [-0.15, -0.1) is 11.3 Å². The van der Waals surface area contributed by atoms with Crippen LogP contribution < -0.4 is 5.73 Å². The van der Waals surface area contributed by atoms with E-state index in [1.807, 2.05) is 11.3 Å². The molecule has 0 aliphatic carbocycles. The van der Waals surface area contributed by atoms with Crippen LogP contribution in [0.2, 0.25) is 0 Å². The number of hydrogen-bond acceptors (Lipinski definition) is 3. The van der Waals surface area contributed by atoms with Crippen LogP contribution in [-0.4, -0.2) is 11.9 Å². The van der Waals surface area contributed by atoms with Crippen molar-refractivity contribution in [3.05, 3.63) is 57.3 Å². The average molecular weight is 260 g/mol. The third kappa shape index (κ3) is 3.67. The first kappa shape index (κ1) is 13.3. The number of aryl methyl sites for hydroxylation is 1. The van der Waals surface area contributed by atoms with Gasteiger partial charge in [-0.1, -0.05) is 29.8 Å². The van der Waals surface area contributed by atoms with Crippen molar-refractivity contribution in [1.29, 1.82) is 0 Å². The van der Waals surface area contributed by atoms with E-state index in [0.717, 1.165) is 13.1 Å². The van der Waals surface area contributed by atoms with Gasteiger partial charge >= 0.3 is 0 Å². The maximum Gasteiger partial charge on any atom is 0.0328 e. The number of rotatable bonds is 5. The Morgan fingerprint density at radius 1 is 1.00 bits per heavy atom. The average Bonchev–Trinajstić information content (AvgIpc) is 2.79. The molecule has 18 heavy (non-hydrogen) atoms. The molecule has 2 rings (SSSR count). The first-order valence-corrected chi connectivity index (χ1v) is 7.01. The highest BCUT2D eigenvalue weighted by molar-refractivity contribution is 7.11. The van der Waals surface area contributed by atoms with Crippen LogP contribution in [0, 0.1) is 6.92 Å². The standard InChI is InChI=1S/C15H20N2S/c1-12-3-5-13(6-4-12)10-17(2)11-15-8-7-14(9-16)18-15/h3-8H,9-11,16H2,1-2H3. The third-order valence-electron chi connectivity index (χ3n) is 2.92. The largest absolute Gasteiger partial charge is 0.326 e. The van der Waals surface area contributed by atoms with E-state index in [0.29, 0.717) is 6.54 Å². The van der Waals surface area contributed by atoms with Gasteiger partial charge in [0.2, 0.25) is 0 Å². The van der Waals surface area contributed by atoms with Crippen LogP contribution in [0.15, 0.2) is 36.4 Å². The number of nitrogens with zero attached hydrogens (tertiary/aromatic N) is 1. The molecule has 0 radical (unpaired) electrons. The van der Waals surface area contributed by atoms with Crippen molar-refractivity contribution in [3.63, 3.8) is 0 Å². The summed E-state index contributed by atoms with van der Waals surface area (Å²) in [5, 5.41) is 0. The van der Waals surface area contributed by atoms with Gasteiger partial charge in [-0.05, 0) is 31.7 Å². The number of thiophene rings is 1. The molecule has 1 heterocycles. The van der Waals surface area contributed by atoms with Crippen LogP contribution in [0.3, 0.4) is 0 Å². The molecule has 0 bridgehead atoms. The van der Waals surface area contributed by atoms with Crippen molar-refractivity contribution in [2.24, 2.45) is 5.73 Å². The summed E-state index contributed by atoms with van der Waals surface area (Å²) >= 11 is 1.81. The van der Waals surface area contributed by atoms with Crippen LogP contribution in [0.4, 0.5) is 0 Å². The molecule has 2 N–H and O–H groups in total. The highest BCUT2D eigenvalue weighted by Gasteiger charge is 2.04. The number of benzene rings is 1. The lowest BCUT2D eigenvalue weighted by Gasteiger charge is -2.15. The molecular formula is C15H20N2S. The first-order valence-electron chi connectivity index (χ1n) is 6.19. The fourth-order valence-electron chi connectivity index (χ4n) is 1.94. The topological polar surface area (TPSA) is 29.3 Å². The first-order chi connectivity index (χ1) is 8.67. The van der Waals surface area contributed by atoms with Gasteiger partial charge in [-0.2, -0.15) is 0 Å². The predicted octanol–water partition coefficient (Wildman–Crippen LogP) is 3.15. The Balaban J connectivity index is 1.91. The van der Waals surface area contributed by atoms with Crippen LogP contribution in [0.1, 0.15) is 20.9 Å². The fourth-order valence-corrected chi connectivity index (χ4v) is 2.92. The van der Waals surface area contributed by atoms with E-state index in [2.05, 4.69) is 55.3 Å². The summed E-state index contributed by atoms with van der Waals surface area (Å²) in [6.07, 6.45) is 0. The molecule has 2 nitrogen and oxygen atoms in total. The van der Waals surface area contributed by atoms with Crippen LogP contribution >= 0.6 is 11.3 Å². The lowest BCUT2D eigenvalue weighted by atomic mass is 10.1. The highest BCUT2D eigenvalue weighted by Crippen LogP contribution is 2.18. The second-order valence-corrected chi connectivity index (χ2v) is 5.98. The lowest BCUT2D eigenvalue weighted by Crippen LogP contribution is -2.16. The molecule has 0 saturated carbocycles. The number of hydrogen-bond donors (Lipinski definition) is 1. The van der Waals surface area contributed by atoms with E-state index in [-0.39, 0.29) is 0 Å². The Morgan fingerprint density at radius 2 is 1.67 bits per heavy atom. The second kappa shape index (κ2) is 6.14. The van der Waals surface area contributed by atoms with Gasteiger partial charge in [0.25, 0.3) is 0 Å². The molecule has 0 unspecified atom stereocenters. The zero-order valence-electron chi connectivity index (χ0n) is 11.0. The molecule has 3 heteroatoms. The SMILES string of the molecule is Cc1ccc(CN(C)Cc2ccc(CN)s2)cc1. The third-order valence-corrected chi connectivity index (χ3v) is 4.01. The predicted molar refractivity (Wildman–Crippen MR) is 78.6 cm³/mol. The summed E-state index contributed by atoms with van der Waals surface area (Å²) in [7, 11) is 2.15. The molecule has 0 fully saturated rings. The molecule has 2 aromatic rings. The zero-order chi connectivity index (χ0) is 13.0. The quantitative estimate of drug-likeness (QED) is 0.895. The summed E-state index contributed by atoms with van der Waals surface area (Å²) in [5.41, 5.74) is 8.30. The van der Waals surface area contributed by atoms with Crippen molar-refractivity contribution in [2.45, 2.75) is 26.6 Å². The van der Waals surface area contributed by atoms with Crippen molar-refractivity contribution in [3.8, 4) is 0 Å². The van der Waals surface area contributed by atoms with E-state index >= 15 is 0 Å². The Labute approximate surface area is 113 Å². The van der Waals surface area contributed by atoms with E-state index < -0.39 is 0 Å². The molecule has 0 aliphatic heterocycles. The molecule has 96 valence electrons. The van der Waals surface area contributed by atoms with E-state index in [4.69, 9.17) is 5.73 Å². The summed E-state index contributed by atoms with van der Waals surface area (Å²) in [5.74, 6) is 0. The van der Waals surface area contributed by atoms with E-state index in [1.54, 1.807) is 0 Å². The van der Waals surface area contributed by atoms with Gasteiger partial charge in [0, 0.05) is 29.4 Å². The maximum atomic E-state index is 5.63. The Kier molecular flexibility index (Phi) is 4.53. The molecule has 0 saturated heterocycles. The monoisotopic (exact) mass is 260 g/mol. The van der Waals surface area contributed by atoms with Crippen LogP contribution in [0.25, 0.3) is 0 Å². The minimum absolute atomic E-state index is 0.645. The number of nitrogens with two attached hydrogens (primary N) is 1. The van der Waals surface area contributed by atoms with Gasteiger partial charge in [0.05, 0.1) is 0 Å². The molecule has 1 aromatic carbocycles. The van der Waals surface area contributed by atoms with Crippen molar-refractivity contribution in [2.75, 3.05) is 7.05 Å². The summed E-state index contributed by atoms with van der Waals surface area (Å²) in [6.45, 7) is 4.73. The Morgan fingerprint density at radius 3 is 2.28 bits per heavy atom. The van der Waals surface area contributed by atoms with Crippen molar-refractivity contribution in [1.82, 2.24) is 4.90 Å². The van der Waals surface area contributed by atoms with Crippen LogP contribution in [-0.2, 0) is 19.6 Å². The van der Waals surface area contributed by atoms with Crippen molar-refractivity contribution < 1.29 is 0 Å². The van der Waals surface area contributed by atoms with Crippen molar-refractivity contribution >= 4 is 11.3 Å². The van der Waals surface area contributed by atoms with Crippen LogP contribution in [0.5, 0.6) is 0 Å². The maximum absolute atomic E-state index is 5.63. The Hall–Kier alpha value is -1.16. The molecular weight excluding hydrogens is 240 g/mol. The smallest absolute Gasteiger partial charge is 0.0328 e. The van der Waals surface area contributed by atoms with E-state index in [9.17, 15) is 0 Å². The second-order valence-electron chi connectivity index (χ2n) is 4.73. The van der Waals surface area contributed by atoms with E-state index in [1.165, 1.54) is 20.9 Å². The molecule has 0 atom stereocenters. The fraction of sp³-hybridized carbons (Fsp3) is 0.333. The molecule has 0 amide bonds. The van der Waals surface area contributed by atoms with Gasteiger partial charge in [-0.25, -0.2) is 0 Å². The van der Waals surface area contributed by atoms with Gasteiger partial charge in [0.1, 0.15) is 0 Å².